The molecule has 0 aliphatic heterocycles. The minimum absolute atomic E-state index is 0. The summed E-state index contributed by atoms with van der Waals surface area (Å²) in [5, 5.41) is 7.51. The number of allylic oxidation sites excluding steroid dienone is 1. The van der Waals surface area contributed by atoms with Crippen molar-refractivity contribution in [2.24, 2.45) is 0 Å². The summed E-state index contributed by atoms with van der Waals surface area (Å²) in [6.07, 6.45) is 1.18. The molecule has 0 bridgehead atoms. The van der Waals surface area contributed by atoms with E-state index < -0.39 is 0 Å². The number of halogens is 2. The predicted molar refractivity (Wildman–Crippen MR) is 19.4 cm³/mol. The van der Waals surface area contributed by atoms with Crippen LogP contribution in [0.2, 0.25) is 0 Å². The smallest absolute Gasteiger partial charge is 1.00 e. The molecule has 8 heavy (non-hydrogen) atoms. The van der Waals surface area contributed by atoms with Crippen LogP contribution in [0.3, 0.4) is 0 Å². The Morgan fingerprint density at radius 1 is 1.38 bits per heavy atom. The first-order chi connectivity index (χ1) is 1.91. The minimum atomic E-state index is 0. The fourth-order valence-corrected chi connectivity index (χ4v) is 0. The van der Waals surface area contributed by atoms with Gasteiger partial charge in [0, 0.05) is 6.08 Å². The first kappa shape index (κ1) is 40.7. The summed E-state index contributed by atoms with van der Waals surface area (Å²) in [4.78, 5) is 0. The number of hydrogen-bond acceptors (Lipinski definition) is 1. The second kappa shape index (κ2) is 55.0. The Balaban J connectivity index is -0.00000000750. The van der Waals surface area contributed by atoms with Crippen LogP contribution in [-0.2, 0) is 17.1 Å². The summed E-state index contributed by atoms with van der Waals surface area (Å²) in [7, 11) is 0. The van der Waals surface area contributed by atoms with Crippen LogP contribution in [0.15, 0.2) is 12.7 Å². The Morgan fingerprint density at radius 2 is 1.50 bits per heavy atom. The molecule has 0 saturated carbocycles. The van der Waals surface area contributed by atoms with E-state index in [0.29, 0.717) is 0 Å². The molecule has 0 aromatic heterocycles. The molecule has 0 unspecified atom stereocenters. The van der Waals surface area contributed by atoms with Gasteiger partial charge >= 0.3 is 17.1 Å². The molecule has 0 aliphatic rings. The molecule has 50 valence electrons. The first-order valence-electron chi connectivity index (χ1n) is 0.921. The molecule has 0 fully saturated rings. The summed E-state index contributed by atoms with van der Waals surface area (Å²) in [6, 6.07) is 1.69. The topological polar surface area (TPSA) is 55.3 Å². The Kier molecular flexibility index (Phi) is 280. The number of rotatable bonds is 0. The van der Waals surface area contributed by atoms with E-state index in [1.54, 1.807) is 6.07 Å². The number of nitriles is 1. The third-order valence-electron chi connectivity index (χ3n) is 0.0913. The Labute approximate surface area is 71.6 Å². The first-order valence-corrected chi connectivity index (χ1v) is 0.921. The van der Waals surface area contributed by atoms with Gasteiger partial charge in [-0.3, -0.25) is 0 Å². The summed E-state index contributed by atoms with van der Waals surface area (Å²) >= 11 is 0. The van der Waals surface area contributed by atoms with Crippen LogP contribution < -0.4 is 24.8 Å². The molecule has 0 radical (unpaired) electrons. The summed E-state index contributed by atoms with van der Waals surface area (Å²) < 4.78 is 0. The summed E-state index contributed by atoms with van der Waals surface area (Å²) in [5.41, 5.74) is 0. The maximum absolute atomic E-state index is 7.51. The van der Waals surface area contributed by atoms with Crippen LogP contribution >= 0.6 is 0 Å². The third-order valence-corrected chi connectivity index (χ3v) is 0.0913. The van der Waals surface area contributed by atoms with E-state index in [9.17, 15) is 0 Å². The van der Waals surface area contributed by atoms with Crippen molar-refractivity contribution in [2.75, 3.05) is 0 Å². The van der Waals surface area contributed by atoms with Crippen molar-refractivity contribution in [2.45, 2.75) is 0 Å². The van der Waals surface area contributed by atoms with Crippen LogP contribution in [0, 0.1) is 11.3 Å². The minimum Gasteiger partial charge on any atom is -1.00 e. The molecule has 0 saturated heterocycles. The van der Waals surface area contributed by atoms with Gasteiger partial charge in [0.2, 0.25) is 0 Å². The van der Waals surface area contributed by atoms with E-state index in [-0.39, 0.29) is 47.4 Å². The molecule has 0 spiro atoms. The molecule has 0 aliphatic carbocycles. The van der Waals surface area contributed by atoms with Gasteiger partial charge in [-0.2, -0.15) is 5.26 Å². The van der Waals surface area contributed by atoms with Gasteiger partial charge in [0.1, 0.15) is 0 Å². The zero-order chi connectivity index (χ0) is 3.41. The van der Waals surface area contributed by atoms with E-state index in [1.807, 2.05) is 0 Å². The zero-order valence-corrected chi connectivity index (χ0v) is 6.46. The standard InChI is InChI=1S/C3H3N.2ClH.Fe.H2O/c1-2-3-4;;;;/h2H,1H2;2*1H;;1H2/q;;;+2;/p-2. The normalized spacial score (nSPS) is 1.88. The van der Waals surface area contributed by atoms with Crippen molar-refractivity contribution in [3.05, 3.63) is 12.7 Å². The third kappa shape index (κ3) is 106. The fraction of sp³-hybridized carbons (Fsp3) is 0. The van der Waals surface area contributed by atoms with Crippen molar-refractivity contribution in [3.63, 3.8) is 0 Å². The van der Waals surface area contributed by atoms with E-state index in [4.69, 9.17) is 5.26 Å². The number of hydrogen-bond donors (Lipinski definition) is 0. The van der Waals surface area contributed by atoms with Gasteiger partial charge in [0.25, 0.3) is 0 Å². The van der Waals surface area contributed by atoms with Gasteiger partial charge in [-0.05, 0) is 0 Å². The van der Waals surface area contributed by atoms with Crippen molar-refractivity contribution < 1.29 is 47.4 Å². The monoisotopic (exact) mass is 197 g/mol. The average molecular weight is 198 g/mol. The molecular formula is C3H5Cl2FeNO. The number of nitrogens with zero attached hydrogens (tertiary/aromatic N) is 1. The predicted octanol–water partition coefficient (Wildman–Crippen LogP) is -6.12. The average Bonchev–Trinajstić information content (AvgIpc) is 1.37. The van der Waals surface area contributed by atoms with Crippen LogP contribution in [0.4, 0.5) is 0 Å². The van der Waals surface area contributed by atoms with Gasteiger partial charge in [0.15, 0.2) is 0 Å². The van der Waals surface area contributed by atoms with Crippen LogP contribution in [-0.4, -0.2) is 5.48 Å². The molecule has 0 aromatic carbocycles. The van der Waals surface area contributed by atoms with E-state index in [0.717, 1.165) is 0 Å². The zero-order valence-electron chi connectivity index (χ0n) is 3.84. The second-order valence-electron chi connectivity index (χ2n) is 0.333. The fourth-order valence-electron chi connectivity index (χ4n) is 0. The van der Waals surface area contributed by atoms with Crippen LogP contribution in [0.25, 0.3) is 0 Å². The quantitative estimate of drug-likeness (QED) is 0.282. The van der Waals surface area contributed by atoms with E-state index in [2.05, 4.69) is 6.58 Å². The van der Waals surface area contributed by atoms with E-state index in [1.165, 1.54) is 6.08 Å². The maximum atomic E-state index is 7.51. The molecule has 2 N–H and O–H groups in total. The van der Waals surface area contributed by atoms with Crippen molar-refractivity contribution in [3.8, 4) is 6.07 Å². The molecule has 0 heterocycles. The van der Waals surface area contributed by atoms with Gasteiger partial charge in [-0.1, -0.05) is 6.58 Å². The van der Waals surface area contributed by atoms with Crippen LogP contribution in [0.5, 0.6) is 0 Å². The molecule has 0 atom stereocenters. The van der Waals surface area contributed by atoms with Gasteiger partial charge in [0.05, 0.1) is 6.07 Å². The molecule has 0 aromatic rings. The molecule has 2 nitrogen and oxygen atoms in total. The molecule has 0 amide bonds. The largest absolute Gasteiger partial charge is 2.00 e. The van der Waals surface area contributed by atoms with Gasteiger partial charge in [-0.15, -0.1) is 0 Å². The maximum Gasteiger partial charge on any atom is 2.00 e. The van der Waals surface area contributed by atoms with Crippen molar-refractivity contribution >= 4 is 0 Å². The SMILES string of the molecule is C=CC#N.O.[Cl-].[Cl-].[Fe+2]. The Bertz CT molecular complexity index is 62.8. The van der Waals surface area contributed by atoms with E-state index >= 15 is 0 Å². The van der Waals surface area contributed by atoms with Crippen LogP contribution in [0.1, 0.15) is 0 Å². The van der Waals surface area contributed by atoms with Gasteiger partial charge < -0.3 is 30.3 Å². The Morgan fingerprint density at radius 3 is 1.50 bits per heavy atom. The Hall–Kier alpha value is 0.289. The molecular weight excluding hydrogens is 193 g/mol. The molecule has 5 heteroatoms. The van der Waals surface area contributed by atoms with Gasteiger partial charge in [-0.25, -0.2) is 0 Å². The second-order valence-corrected chi connectivity index (χ2v) is 0.333. The van der Waals surface area contributed by atoms with Crippen molar-refractivity contribution in [1.29, 1.82) is 5.26 Å². The summed E-state index contributed by atoms with van der Waals surface area (Å²) in [5.74, 6) is 0. The molecule has 0 rings (SSSR count). The van der Waals surface area contributed by atoms with Crippen molar-refractivity contribution in [1.82, 2.24) is 0 Å². The summed E-state index contributed by atoms with van der Waals surface area (Å²) in [6.45, 7) is 3.12.